The molecule has 0 aliphatic carbocycles. The minimum Gasteiger partial charge on any atom is -0.338 e. The van der Waals surface area contributed by atoms with Crippen molar-refractivity contribution >= 4 is 55.0 Å². The van der Waals surface area contributed by atoms with Gasteiger partial charge in [-0.05, 0) is 62.5 Å². The molecule has 1 aromatic heterocycles. The molecule has 1 N–H and O–H groups in total. The van der Waals surface area contributed by atoms with Crippen molar-refractivity contribution in [1.29, 1.82) is 0 Å². The van der Waals surface area contributed by atoms with Gasteiger partial charge >= 0.3 is 0 Å². The predicted octanol–water partition coefficient (Wildman–Crippen LogP) is 5.31. The van der Waals surface area contributed by atoms with Gasteiger partial charge in [0, 0.05) is 15.1 Å². The number of benzene rings is 1. The van der Waals surface area contributed by atoms with Gasteiger partial charge in [-0.3, -0.25) is 0 Å². The maximum atomic E-state index is 6.09. The van der Waals surface area contributed by atoms with Crippen molar-refractivity contribution < 1.29 is 0 Å². The van der Waals surface area contributed by atoms with E-state index in [9.17, 15) is 0 Å². The van der Waals surface area contributed by atoms with Crippen molar-refractivity contribution in [3.63, 3.8) is 0 Å². The number of hydrogen-bond acceptors (Lipinski definition) is 2. The highest BCUT2D eigenvalue weighted by molar-refractivity contribution is 9.10. The van der Waals surface area contributed by atoms with Gasteiger partial charge in [-0.1, -0.05) is 17.7 Å². The summed E-state index contributed by atoms with van der Waals surface area (Å²) in [5.74, 6) is 0.638. The first-order chi connectivity index (χ1) is 8.06. The van der Waals surface area contributed by atoms with Crippen molar-refractivity contribution in [2.24, 2.45) is 0 Å². The molecule has 2 nitrogen and oxygen atoms in total. The average Bonchev–Trinajstić information content (AvgIpc) is 2.25. The Kier molecular flexibility index (Phi) is 4.07. The Morgan fingerprint density at radius 3 is 2.65 bits per heavy atom. The van der Waals surface area contributed by atoms with Crippen LogP contribution in [0.15, 0.2) is 39.4 Å². The second-order valence-electron chi connectivity index (χ2n) is 3.59. The van der Waals surface area contributed by atoms with Crippen LogP contribution in [0.5, 0.6) is 0 Å². The van der Waals surface area contributed by atoms with E-state index in [1.165, 1.54) is 5.56 Å². The molecular formula is C12H9Br2ClN2. The molecule has 1 heterocycles. The van der Waals surface area contributed by atoms with E-state index in [1.807, 2.05) is 25.1 Å². The van der Waals surface area contributed by atoms with E-state index in [0.717, 1.165) is 14.6 Å². The van der Waals surface area contributed by atoms with Crippen LogP contribution in [0.25, 0.3) is 0 Å². The zero-order valence-corrected chi connectivity index (χ0v) is 12.9. The molecule has 2 rings (SSSR count). The normalized spacial score (nSPS) is 10.4. The molecule has 0 aliphatic heterocycles. The summed E-state index contributed by atoms with van der Waals surface area (Å²) in [4.78, 5) is 4.23. The Morgan fingerprint density at radius 1 is 1.24 bits per heavy atom. The van der Waals surface area contributed by atoms with E-state index in [0.29, 0.717) is 10.8 Å². The monoisotopic (exact) mass is 374 g/mol. The molecule has 1 aromatic carbocycles. The highest BCUT2D eigenvalue weighted by atomic mass is 79.9. The van der Waals surface area contributed by atoms with Crippen LogP contribution in [0.2, 0.25) is 5.02 Å². The standard InChI is InChI=1S/C12H9Br2ClN2/c1-7-2-3-11(9(14)4-7)17-12-10(15)5-8(13)6-16-12/h2-6H,1H3,(H,16,17). The minimum absolute atomic E-state index is 0.576. The lowest BCUT2D eigenvalue weighted by Gasteiger charge is -2.09. The van der Waals surface area contributed by atoms with Crippen molar-refractivity contribution in [1.82, 2.24) is 4.98 Å². The van der Waals surface area contributed by atoms with E-state index < -0.39 is 0 Å². The van der Waals surface area contributed by atoms with E-state index >= 15 is 0 Å². The van der Waals surface area contributed by atoms with E-state index in [1.54, 1.807) is 12.3 Å². The number of aryl methyl sites for hydroxylation is 1. The molecule has 0 unspecified atom stereocenters. The summed E-state index contributed by atoms with van der Waals surface area (Å²) in [6.45, 7) is 2.04. The smallest absolute Gasteiger partial charge is 0.149 e. The maximum absolute atomic E-state index is 6.09. The van der Waals surface area contributed by atoms with Crippen LogP contribution >= 0.6 is 43.5 Å². The van der Waals surface area contributed by atoms with Gasteiger partial charge in [-0.2, -0.15) is 0 Å². The zero-order chi connectivity index (χ0) is 12.4. The molecule has 0 aliphatic rings. The van der Waals surface area contributed by atoms with Gasteiger partial charge in [0.05, 0.1) is 10.7 Å². The number of pyridine rings is 1. The van der Waals surface area contributed by atoms with Gasteiger partial charge in [0.1, 0.15) is 5.82 Å². The molecular weight excluding hydrogens is 367 g/mol. The predicted molar refractivity (Wildman–Crippen MR) is 79.1 cm³/mol. The third-order valence-corrected chi connectivity index (χ3v) is 3.56. The summed E-state index contributed by atoms with van der Waals surface area (Å²) in [6, 6.07) is 7.85. The second-order valence-corrected chi connectivity index (χ2v) is 5.77. The lowest BCUT2D eigenvalue weighted by Crippen LogP contribution is -1.95. The SMILES string of the molecule is Cc1ccc(Nc2ncc(Br)cc2Cl)c(Br)c1. The number of halogens is 3. The van der Waals surface area contributed by atoms with Gasteiger partial charge in [-0.25, -0.2) is 4.98 Å². The zero-order valence-electron chi connectivity index (χ0n) is 8.97. The fourth-order valence-corrected chi connectivity index (χ4v) is 2.62. The highest BCUT2D eigenvalue weighted by Crippen LogP contribution is 2.30. The van der Waals surface area contributed by atoms with Crippen LogP contribution in [-0.4, -0.2) is 4.98 Å². The summed E-state index contributed by atoms with van der Waals surface area (Å²) < 4.78 is 1.84. The van der Waals surface area contributed by atoms with Crippen molar-refractivity contribution in [3.05, 3.63) is 50.0 Å². The topological polar surface area (TPSA) is 24.9 Å². The molecule has 17 heavy (non-hydrogen) atoms. The fourth-order valence-electron chi connectivity index (χ4n) is 1.36. The molecule has 0 bridgehead atoms. The number of anilines is 2. The van der Waals surface area contributed by atoms with Crippen molar-refractivity contribution in [3.8, 4) is 0 Å². The molecule has 88 valence electrons. The third kappa shape index (κ3) is 3.21. The van der Waals surface area contributed by atoms with E-state index in [2.05, 4.69) is 42.2 Å². The number of rotatable bonds is 2. The van der Waals surface area contributed by atoms with E-state index in [-0.39, 0.29) is 0 Å². The maximum Gasteiger partial charge on any atom is 0.149 e. The summed E-state index contributed by atoms with van der Waals surface area (Å²) in [6.07, 6.45) is 1.70. The van der Waals surface area contributed by atoms with Gasteiger partial charge in [-0.15, -0.1) is 0 Å². The second kappa shape index (κ2) is 5.38. The molecule has 5 heteroatoms. The summed E-state index contributed by atoms with van der Waals surface area (Å²) in [7, 11) is 0. The Bertz CT molecular complexity index is 509. The Hall–Kier alpha value is -0.580. The Morgan fingerprint density at radius 2 is 2.00 bits per heavy atom. The van der Waals surface area contributed by atoms with Gasteiger partial charge < -0.3 is 5.32 Å². The highest BCUT2D eigenvalue weighted by Gasteiger charge is 2.05. The quantitative estimate of drug-likeness (QED) is 0.768. The molecule has 0 radical (unpaired) electrons. The first-order valence-electron chi connectivity index (χ1n) is 4.90. The molecule has 0 fully saturated rings. The number of aromatic nitrogens is 1. The van der Waals surface area contributed by atoms with Crippen molar-refractivity contribution in [2.75, 3.05) is 5.32 Å². The molecule has 0 spiro atoms. The van der Waals surface area contributed by atoms with Gasteiger partial charge in [0.15, 0.2) is 0 Å². The lowest BCUT2D eigenvalue weighted by molar-refractivity contribution is 1.29. The van der Waals surface area contributed by atoms with Crippen molar-refractivity contribution in [2.45, 2.75) is 6.92 Å². The minimum atomic E-state index is 0.576. The lowest BCUT2D eigenvalue weighted by atomic mass is 10.2. The first kappa shape index (κ1) is 12.9. The fraction of sp³-hybridized carbons (Fsp3) is 0.0833. The molecule has 2 aromatic rings. The average molecular weight is 376 g/mol. The van der Waals surface area contributed by atoms with Gasteiger partial charge in [0.2, 0.25) is 0 Å². The number of nitrogens with zero attached hydrogens (tertiary/aromatic N) is 1. The van der Waals surface area contributed by atoms with Crippen LogP contribution in [0.3, 0.4) is 0 Å². The summed E-state index contributed by atoms with van der Waals surface area (Å²) in [5, 5.41) is 3.76. The molecule has 0 saturated carbocycles. The Balaban J connectivity index is 2.31. The van der Waals surface area contributed by atoms with Crippen LogP contribution in [0, 0.1) is 6.92 Å². The molecule has 0 atom stereocenters. The summed E-state index contributed by atoms with van der Waals surface area (Å²) in [5.41, 5.74) is 2.13. The van der Waals surface area contributed by atoms with E-state index in [4.69, 9.17) is 11.6 Å². The van der Waals surface area contributed by atoms with Crippen LogP contribution in [0.1, 0.15) is 5.56 Å². The largest absolute Gasteiger partial charge is 0.338 e. The third-order valence-electron chi connectivity index (χ3n) is 2.19. The molecule has 0 saturated heterocycles. The summed E-state index contributed by atoms with van der Waals surface area (Å²) >= 11 is 12.9. The van der Waals surface area contributed by atoms with Crippen LogP contribution < -0.4 is 5.32 Å². The van der Waals surface area contributed by atoms with Gasteiger partial charge in [0.25, 0.3) is 0 Å². The van der Waals surface area contributed by atoms with Crippen LogP contribution in [-0.2, 0) is 0 Å². The number of nitrogens with one attached hydrogen (secondary N) is 1. The first-order valence-corrected chi connectivity index (χ1v) is 6.87. The Labute approximate surface area is 122 Å². The van der Waals surface area contributed by atoms with Crippen LogP contribution in [0.4, 0.5) is 11.5 Å². The number of hydrogen-bond donors (Lipinski definition) is 1. The molecule has 0 amide bonds.